The van der Waals surface area contributed by atoms with E-state index in [9.17, 15) is 13.2 Å². The molecule has 0 aliphatic rings. The number of benzene rings is 1. The summed E-state index contributed by atoms with van der Waals surface area (Å²) >= 11 is 0. The van der Waals surface area contributed by atoms with Gasteiger partial charge < -0.3 is 16.2 Å². The monoisotopic (exact) mass is 273 g/mol. The van der Waals surface area contributed by atoms with Crippen molar-refractivity contribution in [2.45, 2.75) is 4.90 Å². The number of amides is 1. The van der Waals surface area contributed by atoms with Crippen LogP contribution in [0.25, 0.3) is 0 Å². The molecule has 18 heavy (non-hydrogen) atoms. The van der Waals surface area contributed by atoms with Crippen molar-refractivity contribution in [3.8, 4) is 5.75 Å². The molecule has 0 saturated heterocycles. The number of sulfonamides is 1. The first kappa shape index (κ1) is 14.3. The lowest BCUT2D eigenvalue weighted by atomic mass is 10.3. The van der Waals surface area contributed by atoms with Crippen LogP contribution >= 0.6 is 0 Å². The van der Waals surface area contributed by atoms with Gasteiger partial charge in [-0.05, 0) is 18.2 Å². The molecule has 1 rings (SSSR count). The summed E-state index contributed by atoms with van der Waals surface area (Å²) in [6, 6.07) is 4.06. The van der Waals surface area contributed by atoms with Gasteiger partial charge in [0.05, 0.1) is 24.2 Å². The molecule has 0 saturated carbocycles. The zero-order valence-corrected chi connectivity index (χ0v) is 10.9. The normalized spacial score (nSPS) is 11.5. The van der Waals surface area contributed by atoms with Crippen molar-refractivity contribution in [3.05, 3.63) is 18.2 Å². The number of primary amides is 1. The number of carbonyl (C=O) groups excluding carboxylic acids is 1. The Kier molecular flexibility index (Phi) is 4.15. The minimum absolute atomic E-state index is 0.0236. The standard InChI is InChI=1S/C10H15N3O4S/c1-13(6-10(12)14)18(15,16)7-3-4-9(17-2)8(11)5-7/h3-5H,6,11H2,1-2H3,(H2,12,14). The topological polar surface area (TPSA) is 116 Å². The van der Waals surface area contributed by atoms with Gasteiger partial charge in [-0.15, -0.1) is 0 Å². The zero-order chi connectivity index (χ0) is 13.9. The van der Waals surface area contributed by atoms with Crippen molar-refractivity contribution in [2.24, 2.45) is 5.73 Å². The number of methoxy groups -OCH3 is 1. The Morgan fingerprint density at radius 2 is 2.06 bits per heavy atom. The summed E-state index contributed by atoms with van der Waals surface area (Å²) in [5.41, 5.74) is 10.8. The average molecular weight is 273 g/mol. The Morgan fingerprint density at radius 3 is 2.50 bits per heavy atom. The van der Waals surface area contributed by atoms with E-state index in [1.807, 2.05) is 0 Å². The number of carbonyl (C=O) groups is 1. The zero-order valence-electron chi connectivity index (χ0n) is 10.1. The first-order valence-electron chi connectivity index (χ1n) is 4.97. The molecular formula is C10H15N3O4S. The Balaban J connectivity index is 3.13. The average Bonchev–Trinajstić information content (AvgIpc) is 2.27. The summed E-state index contributed by atoms with van der Waals surface area (Å²) < 4.78 is 29.9. The van der Waals surface area contributed by atoms with Crippen LogP contribution in [0.5, 0.6) is 5.75 Å². The Morgan fingerprint density at radius 1 is 1.44 bits per heavy atom. The first-order chi connectivity index (χ1) is 8.28. The molecule has 1 amide bonds. The molecule has 0 aromatic heterocycles. The van der Waals surface area contributed by atoms with E-state index in [1.165, 1.54) is 32.4 Å². The summed E-state index contributed by atoms with van der Waals surface area (Å²) in [4.78, 5) is 10.7. The van der Waals surface area contributed by atoms with Gasteiger partial charge >= 0.3 is 0 Å². The maximum atomic E-state index is 12.0. The summed E-state index contributed by atoms with van der Waals surface area (Å²) in [6.07, 6.45) is 0. The fraction of sp³-hybridized carbons (Fsp3) is 0.300. The molecule has 0 fully saturated rings. The number of likely N-dealkylation sites (N-methyl/N-ethyl adjacent to an activating group) is 1. The van der Waals surface area contributed by atoms with Gasteiger partial charge in [0.2, 0.25) is 15.9 Å². The van der Waals surface area contributed by atoms with Crippen molar-refractivity contribution in [3.63, 3.8) is 0 Å². The summed E-state index contributed by atoms with van der Waals surface area (Å²) in [7, 11) is -1.09. The Bertz CT molecular complexity index is 556. The minimum atomic E-state index is -3.78. The van der Waals surface area contributed by atoms with Gasteiger partial charge in [-0.3, -0.25) is 4.79 Å². The molecule has 0 aliphatic carbocycles. The van der Waals surface area contributed by atoms with E-state index in [1.54, 1.807) is 0 Å². The third-order valence-electron chi connectivity index (χ3n) is 2.29. The predicted molar refractivity (Wildman–Crippen MR) is 66.4 cm³/mol. The van der Waals surface area contributed by atoms with E-state index in [0.717, 1.165) is 4.31 Å². The molecule has 0 heterocycles. The van der Waals surface area contributed by atoms with Gasteiger partial charge in [-0.1, -0.05) is 0 Å². The number of nitrogen functional groups attached to an aromatic ring is 1. The number of anilines is 1. The summed E-state index contributed by atoms with van der Waals surface area (Å²) in [5.74, 6) is -0.353. The van der Waals surface area contributed by atoms with E-state index in [0.29, 0.717) is 5.75 Å². The van der Waals surface area contributed by atoms with E-state index in [2.05, 4.69) is 0 Å². The van der Waals surface area contributed by atoms with Gasteiger partial charge in [-0.25, -0.2) is 8.42 Å². The van der Waals surface area contributed by atoms with Crippen LogP contribution in [0.4, 0.5) is 5.69 Å². The third kappa shape index (κ3) is 2.90. The van der Waals surface area contributed by atoms with Crippen LogP contribution < -0.4 is 16.2 Å². The van der Waals surface area contributed by atoms with Gasteiger partial charge in [-0.2, -0.15) is 4.31 Å². The fourth-order valence-corrected chi connectivity index (χ4v) is 2.53. The maximum absolute atomic E-state index is 12.0. The molecule has 8 heteroatoms. The number of hydrogen-bond donors (Lipinski definition) is 2. The van der Waals surface area contributed by atoms with Crippen molar-refractivity contribution in [2.75, 3.05) is 26.4 Å². The second-order valence-electron chi connectivity index (χ2n) is 3.63. The molecule has 0 radical (unpaired) electrons. The maximum Gasteiger partial charge on any atom is 0.243 e. The highest BCUT2D eigenvalue weighted by atomic mass is 32.2. The van der Waals surface area contributed by atoms with Crippen LogP contribution in [0.15, 0.2) is 23.1 Å². The van der Waals surface area contributed by atoms with Crippen molar-refractivity contribution < 1.29 is 17.9 Å². The van der Waals surface area contributed by atoms with E-state index >= 15 is 0 Å². The molecule has 100 valence electrons. The lowest BCUT2D eigenvalue weighted by Gasteiger charge is -2.16. The quantitative estimate of drug-likeness (QED) is 0.694. The van der Waals surface area contributed by atoms with Crippen molar-refractivity contribution in [1.82, 2.24) is 4.31 Å². The molecular weight excluding hydrogens is 258 g/mol. The van der Waals surface area contributed by atoms with Gasteiger partial charge in [0.1, 0.15) is 5.75 Å². The summed E-state index contributed by atoms with van der Waals surface area (Å²) in [5, 5.41) is 0. The van der Waals surface area contributed by atoms with Crippen LogP contribution in [0, 0.1) is 0 Å². The predicted octanol–water partition coefficient (Wildman–Crippen LogP) is -0.617. The van der Waals surface area contributed by atoms with Crippen molar-refractivity contribution >= 4 is 21.6 Å². The van der Waals surface area contributed by atoms with Crippen LogP contribution in [-0.4, -0.2) is 39.3 Å². The molecule has 0 spiro atoms. The first-order valence-corrected chi connectivity index (χ1v) is 6.41. The lowest BCUT2D eigenvalue weighted by Crippen LogP contribution is -2.35. The number of nitrogens with two attached hydrogens (primary N) is 2. The van der Waals surface area contributed by atoms with Crippen LogP contribution in [-0.2, 0) is 14.8 Å². The molecule has 0 unspecified atom stereocenters. The SMILES string of the molecule is COc1ccc(S(=O)(=O)N(C)CC(N)=O)cc1N. The highest BCUT2D eigenvalue weighted by molar-refractivity contribution is 7.89. The second-order valence-corrected chi connectivity index (χ2v) is 5.68. The van der Waals surface area contributed by atoms with Crippen LogP contribution in [0.2, 0.25) is 0 Å². The van der Waals surface area contributed by atoms with E-state index in [-0.39, 0.29) is 10.6 Å². The molecule has 0 atom stereocenters. The fourth-order valence-electron chi connectivity index (χ4n) is 1.36. The molecule has 0 aliphatic heterocycles. The molecule has 7 nitrogen and oxygen atoms in total. The van der Waals surface area contributed by atoms with Gasteiger partial charge in [0.25, 0.3) is 0 Å². The second kappa shape index (κ2) is 5.23. The highest BCUT2D eigenvalue weighted by Gasteiger charge is 2.22. The van der Waals surface area contributed by atoms with E-state index < -0.39 is 22.5 Å². The summed E-state index contributed by atoms with van der Waals surface area (Å²) in [6.45, 7) is -0.395. The number of nitrogens with zero attached hydrogens (tertiary/aromatic N) is 1. The molecule has 1 aromatic carbocycles. The number of ether oxygens (including phenoxy) is 1. The highest BCUT2D eigenvalue weighted by Crippen LogP contribution is 2.25. The lowest BCUT2D eigenvalue weighted by molar-refractivity contribution is -0.118. The molecule has 1 aromatic rings. The smallest absolute Gasteiger partial charge is 0.243 e. The third-order valence-corrected chi connectivity index (χ3v) is 4.09. The van der Waals surface area contributed by atoms with Crippen LogP contribution in [0.1, 0.15) is 0 Å². The largest absolute Gasteiger partial charge is 0.495 e. The number of hydrogen-bond acceptors (Lipinski definition) is 5. The Hall–Kier alpha value is -1.80. The van der Waals surface area contributed by atoms with Gasteiger partial charge in [0.15, 0.2) is 0 Å². The minimum Gasteiger partial charge on any atom is -0.495 e. The van der Waals surface area contributed by atoms with E-state index in [4.69, 9.17) is 16.2 Å². The Labute approximate surface area is 105 Å². The number of rotatable bonds is 5. The molecule has 0 bridgehead atoms. The van der Waals surface area contributed by atoms with Crippen LogP contribution in [0.3, 0.4) is 0 Å². The van der Waals surface area contributed by atoms with Gasteiger partial charge in [0, 0.05) is 7.05 Å². The molecule has 4 N–H and O–H groups in total. The van der Waals surface area contributed by atoms with Crippen molar-refractivity contribution in [1.29, 1.82) is 0 Å².